The van der Waals surface area contributed by atoms with Crippen LogP contribution in [-0.2, 0) is 4.74 Å². The van der Waals surface area contributed by atoms with E-state index in [1.54, 1.807) is 0 Å². The molecule has 1 heterocycles. The Balaban J connectivity index is 2.39. The summed E-state index contributed by atoms with van der Waals surface area (Å²) in [5.74, 6) is 8.58. The van der Waals surface area contributed by atoms with Crippen molar-refractivity contribution in [3.05, 3.63) is 11.8 Å². The van der Waals surface area contributed by atoms with Gasteiger partial charge >= 0.3 is 0 Å². The number of hydrazine groups is 1. The SMILES string of the molecule is CCSCC(NN)C1=CCCCO1. The van der Waals surface area contributed by atoms with E-state index in [2.05, 4.69) is 18.4 Å². The fourth-order valence-electron chi connectivity index (χ4n) is 1.27. The molecule has 1 atom stereocenters. The lowest BCUT2D eigenvalue weighted by atomic mass is 10.2. The van der Waals surface area contributed by atoms with Crippen molar-refractivity contribution in [1.82, 2.24) is 5.43 Å². The number of hydrogen-bond donors (Lipinski definition) is 2. The van der Waals surface area contributed by atoms with E-state index in [1.165, 1.54) is 0 Å². The fraction of sp³-hybridized carbons (Fsp3) is 0.778. The molecule has 1 rings (SSSR count). The normalized spacial score (nSPS) is 19.1. The lowest BCUT2D eigenvalue weighted by molar-refractivity contribution is 0.172. The molecular formula is C9H18N2OS. The molecule has 0 radical (unpaired) electrons. The lowest BCUT2D eigenvalue weighted by Crippen LogP contribution is -2.39. The summed E-state index contributed by atoms with van der Waals surface area (Å²) in [5.41, 5.74) is 2.79. The predicted octanol–water partition coefficient (Wildman–Crippen LogP) is 1.27. The highest BCUT2D eigenvalue weighted by molar-refractivity contribution is 7.99. The highest BCUT2D eigenvalue weighted by Crippen LogP contribution is 2.16. The van der Waals surface area contributed by atoms with Gasteiger partial charge in [-0.25, -0.2) is 5.43 Å². The average molecular weight is 202 g/mol. The monoisotopic (exact) mass is 202 g/mol. The van der Waals surface area contributed by atoms with Crippen molar-refractivity contribution in [3.8, 4) is 0 Å². The third kappa shape index (κ3) is 3.58. The molecular weight excluding hydrogens is 184 g/mol. The quantitative estimate of drug-likeness (QED) is 0.520. The minimum atomic E-state index is 0.185. The van der Waals surface area contributed by atoms with Gasteiger partial charge in [0.05, 0.1) is 12.6 Å². The van der Waals surface area contributed by atoms with Crippen LogP contribution in [0.1, 0.15) is 19.8 Å². The molecule has 0 aromatic carbocycles. The molecule has 3 N–H and O–H groups in total. The van der Waals surface area contributed by atoms with Gasteiger partial charge in [-0.3, -0.25) is 5.84 Å². The van der Waals surface area contributed by atoms with E-state index < -0.39 is 0 Å². The van der Waals surface area contributed by atoms with Gasteiger partial charge in [-0.15, -0.1) is 0 Å². The fourth-order valence-corrected chi connectivity index (χ4v) is 2.00. The summed E-state index contributed by atoms with van der Waals surface area (Å²) in [4.78, 5) is 0. The van der Waals surface area contributed by atoms with Crippen molar-refractivity contribution in [2.45, 2.75) is 25.8 Å². The summed E-state index contributed by atoms with van der Waals surface area (Å²) in [6.45, 7) is 2.98. The van der Waals surface area contributed by atoms with Crippen molar-refractivity contribution in [2.75, 3.05) is 18.1 Å². The molecule has 0 saturated carbocycles. The summed E-state index contributed by atoms with van der Waals surface area (Å²) in [5, 5.41) is 0. The summed E-state index contributed by atoms with van der Waals surface area (Å²) < 4.78 is 5.53. The third-order valence-electron chi connectivity index (χ3n) is 2.00. The molecule has 1 aliphatic rings. The van der Waals surface area contributed by atoms with Gasteiger partial charge in [0.25, 0.3) is 0 Å². The van der Waals surface area contributed by atoms with E-state index in [0.29, 0.717) is 0 Å². The van der Waals surface area contributed by atoms with Crippen LogP contribution in [0.25, 0.3) is 0 Å². The minimum Gasteiger partial charge on any atom is -0.497 e. The minimum absolute atomic E-state index is 0.185. The maximum atomic E-state index is 5.53. The Morgan fingerprint density at radius 3 is 3.15 bits per heavy atom. The smallest absolute Gasteiger partial charge is 0.111 e. The number of hydrogen-bond acceptors (Lipinski definition) is 4. The molecule has 13 heavy (non-hydrogen) atoms. The van der Waals surface area contributed by atoms with Gasteiger partial charge in [-0.05, 0) is 24.7 Å². The number of ether oxygens (including phenoxy) is 1. The topological polar surface area (TPSA) is 47.3 Å². The number of rotatable bonds is 5. The van der Waals surface area contributed by atoms with Gasteiger partial charge in [0.2, 0.25) is 0 Å². The van der Waals surface area contributed by atoms with Crippen molar-refractivity contribution in [2.24, 2.45) is 5.84 Å². The number of allylic oxidation sites excluding steroid dienone is 1. The molecule has 0 aromatic heterocycles. The van der Waals surface area contributed by atoms with E-state index in [1.807, 2.05) is 11.8 Å². The molecule has 0 fully saturated rings. The number of thioether (sulfide) groups is 1. The zero-order valence-corrected chi connectivity index (χ0v) is 8.90. The Hall–Kier alpha value is -0.190. The largest absolute Gasteiger partial charge is 0.497 e. The van der Waals surface area contributed by atoms with Crippen LogP contribution in [-0.4, -0.2) is 24.2 Å². The van der Waals surface area contributed by atoms with Crippen molar-refractivity contribution in [1.29, 1.82) is 0 Å². The van der Waals surface area contributed by atoms with Gasteiger partial charge in [-0.1, -0.05) is 6.92 Å². The maximum absolute atomic E-state index is 5.53. The van der Waals surface area contributed by atoms with Crippen LogP contribution in [0.4, 0.5) is 0 Å². The number of nitrogens with two attached hydrogens (primary N) is 1. The van der Waals surface area contributed by atoms with Crippen LogP contribution in [0.3, 0.4) is 0 Å². The molecule has 0 aliphatic carbocycles. The lowest BCUT2D eigenvalue weighted by Gasteiger charge is -2.22. The maximum Gasteiger partial charge on any atom is 0.111 e. The predicted molar refractivity (Wildman–Crippen MR) is 57.4 cm³/mol. The molecule has 4 heteroatoms. The summed E-state index contributed by atoms with van der Waals surface area (Å²) in [6, 6.07) is 0.185. The highest BCUT2D eigenvalue weighted by atomic mass is 32.2. The van der Waals surface area contributed by atoms with Crippen molar-refractivity contribution < 1.29 is 4.74 Å². The van der Waals surface area contributed by atoms with Crippen LogP contribution in [0, 0.1) is 0 Å². The van der Waals surface area contributed by atoms with Crippen LogP contribution in [0.5, 0.6) is 0 Å². The van der Waals surface area contributed by atoms with Crippen molar-refractivity contribution in [3.63, 3.8) is 0 Å². The zero-order chi connectivity index (χ0) is 9.52. The van der Waals surface area contributed by atoms with Crippen LogP contribution >= 0.6 is 11.8 Å². The molecule has 0 aromatic rings. The van der Waals surface area contributed by atoms with Gasteiger partial charge in [-0.2, -0.15) is 11.8 Å². The van der Waals surface area contributed by atoms with E-state index >= 15 is 0 Å². The molecule has 0 amide bonds. The van der Waals surface area contributed by atoms with Gasteiger partial charge < -0.3 is 4.74 Å². The Kier molecular flexibility index (Phi) is 5.27. The van der Waals surface area contributed by atoms with Crippen LogP contribution < -0.4 is 11.3 Å². The van der Waals surface area contributed by atoms with Crippen LogP contribution in [0.15, 0.2) is 11.8 Å². The van der Waals surface area contributed by atoms with Gasteiger partial charge in [0.15, 0.2) is 0 Å². The second-order valence-electron chi connectivity index (χ2n) is 2.98. The van der Waals surface area contributed by atoms with Crippen molar-refractivity contribution >= 4 is 11.8 Å². The van der Waals surface area contributed by atoms with E-state index in [4.69, 9.17) is 10.6 Å². The molecule has 0 saturated heterocycles. The Morgan fingerprint density at radius 1 is 1.77 bits per heavy atom. The standard InChI is InChI=1S/C9H18N2OS/c1-2-13-7-8(11-10)9-5-3-4-6-12-9/h5,8,11H,2-4,6-7,10H2,1H3. The van der Waals surface area contributed by atoms with Crippen LogP contribution in [0.2, 0.25) is 0 Å². The first-order chi connectivity index (χ1) is 6.38. The highest BCUT2D eigenvalue weighted by Gasteiger charge is 2.15. The van der Waals surface area contributed by atoms with E-state index in [0.717, 1.165) is 36.7 Å². The van der Waals surface area contributed by atoms with E-state index in [9.17, 15) is 0 Å². The molecule has 1 aliphatic heterocycles. The first-order valence-electron chi connectivity index (χ1n) is 4.75. The number of nitrogens with one attached hydrogen (secondary N) is 1. The Morgan fingerprint density at radius 2 is 2.62 bits per heavy atom. The molecule has 3 nitrogen and oxygen atoms in total. The van der Waals surface area contributed by atoms with Gasteiger partial charge in [0.1, 0.15) is 5.76 Å². The average Bonchev–Trinajstić information content (AvgIpc) is 2.21. The second kappa shape index (κ2) is 6.29. The molecule has 1 unspecified atom stereocenters. The zero-order valence-electron chi connectivity index (χ0n) is 8.08. The third-order valence-corrected chi connectivity index (χ3v) is 2.97. The molecule has 76 valence electrons. The Labute approximate surface area is 84.1 Å². The summed E-state index contributed by atoms with van der Waals surface area (Å²) in [6.07, 6.45) is 4.39. The van der Waals surface area contributed by atoms with Gasteiger partial charge in [0, 0.05) is 5.75 Å². The molecule has 0 bridgehead atoms. The Bertz CT molecular complexity index is 173. The second-order valence-corrected chi connectivity index (χ2v) is 4.29. The molecule has 0 spiro atoms. The summed E-state index contributed by atoms with van der Waals surface area (Å²) in [7, 11) is 0. The van der Waals surface area contributed by atoms with E-state index in [-0.39, 0.29) is 6.04 Å². The first-order valence-corrected chi connectivity index (χ1v) is 5.90. The first kappa shape index (κ1) is 10.9. The summed E-state index contributed by atoms with van der Waals surface area (Å²) >= 11 is 1.87.